The number of aromatic nitrogens is 2. The van der Waals surface area contributed by atoms with Gasteiger partial charge in [-0.2, -0.15) is 5.10 Å². The van der Waals surface area contributed by atoms with Gasteiger partial charge in [0.05, 0.1) is 6.20 Å². The van der Waals surface area contributed by atoms with Gasteiger partial charge in [0.15, 0.2) is 0 Å². The van der Waals surface area contributed by atoms with E-state index in [9.17, 15) is 0 Å². The first-order valence-corrected chi connectivity index (χ1v) is 4.87. The molecular formula is C10H11ClN4. The number of aromatic amines is 1. The maximum atomic E-state index is 6.00. The van der Waals surface area contributed by atoms with Crippen molar-refractivity contribution in [1.29, 1.82) is 0 Å². The topological polar surface area (TPSA) is 66.7 Å². The van der Waals surface area contributed by atoms with E-state index in [1.54, 1.807) is 6.20 Å². The number of nitrogens with two attached hydrogens (primary N) is 1. The average Bonchev–Trinajstić information content (AvgIpc) is 2.60. The van der Waals surface area contributed by atoms with E-state index in [0.717, 1.165) is 22.0 Å². The van der Waals surface area contributed by atoms with E-state index in [2.05, 4.69) is 15.5 Å². The second kappa shape index (κ2) is 3.82. The summed E-state index contributed by atoms with van der Waals surface area (Å²) in [7, 11) is 0. The monoisotopic (exact) mass is 222 g/mol. The van der Waals surface area contributed by atoms with Gasteiger partial charge in [-0.25, -0.2) is 0 Å². The average molecular weight is 223 g/mol. The zero-order chi connectivity index (χ0) is 10.8. The lowest BCUT2D eigenvalue weighted by Gasteiger charge is -2.09. The maximum absolute atomic E-state index is 6.00. The van der Waals surface area contributed by atoms with Crippen LogP contribution in [-0.2, 0) is 0 Å². The number of halogens is 1. The number of nitrogens with zero attached hydrogens (tertiary/aromatic N) is 1. The van der Waals surface area contributed by atoms with Crippen molar-refractivity contribution in [3.05, 3.63) is 35.0 Å². The van der Waals surface area contributed by atoms with E-state index in [1.165, 1.54) is 0 Å². The van der Waals surface area contributed by atoms with Crippen molar-refractivity contribution in [1.82, 2.24) is 10.2 Å². The van der Waals surface area contributed by atoms with Gasteiger partial charge in [-0.1, -0.05) is 17.7 Å². The molecule has 0 fully saturated rings. The fraction of sp³-hybridized carbons (Fsp3) is 0.100. The molecule has 15 heavy (non-hydrogen) atoms. The minimum Gasteiger partial charge on any atom is -0.382 e. The number of rotatable bonds is 2. The molecule has 0 aliphatic carbocycles. The number of nitrogen functional groups attached to an aromatic ring is 1. The van der Waals surface area contributed by atoms with Crippen molar-refractivity contribution in [2.45, 2.75) is 6.92 Å². The lowest BCUT2D eigenvalue weighted by atomic mass is 10.2. The molecule has 4 N–H and O–H groups in total. The van der Waals surface area contributed by atoms with Gasteiger partial charge in [0.1, 0.15) is 11.5 Å². The Balaban J connectivity index is 2.33. The Morgan fingerprint density at radius 2 is 2.20 bits per heavy atom. The number of hydrogen-bond donors (Lipinski definition) is 3. The molecule has 0 amide bonds. The Morgan fingerprint density at radius 3 is 2.87 bits per heavy atom. The Hall–Kier alpha value is -1.68. The van der Waals surface area contributed by atoms with Crippen LogP contribution in [0.4, 0.5) is 17.2 Å². The number of benzene rings is 1. The second-order valence-corrected chi connectivity index (χ2v) is 3.64. The van der Waals surface area contributed by atoms with Crippen molar-refractivity contribution in [2.75, 3.05) is 11.1 Å². The molecule has 1 aromatic carbocycles. The highest BCUT2D eigenvalue weighted by Crippen LogP contribution is 2.27. The number of H-pyrrole nitrogens is 1. The molecule has 1 aromatic heterocycles. The Kier molecular flexibility index (Phi) is 2.51. The summed E-state index contributed by atoms with van der Waals surface area (Å²) >= 11 is 6.00. The lowest BCUT2D eigenvalue weighted by Crippen LogP contribution is -1.96. The summed E-state index contributed by atoms with van der Waals surface area (Å²) in [5.41, 5.74) is 8.33. The quantitative estimate of drug-likeness (QED) is 0.732. The van der Waals surface area contributed by atoms with Crippen molar-refractivity contribution >= 4 is 28.8 Å². The van der Waals surface area contributed by atoms with E-state index in [0.29, 0.717) is 5.82 Å². The SMILES string of the molecule is Cc1c(Cl)cccc1Nc1cn[nH]c1N. The van der Waals surface area contributed by atoms with Crippen LogP contribution in [0.25, 0.3) is 0 Å². The predicted octanol–water partition coefficient (Wildman–Crippen LogP) is 2.70. The highest BCUT2D eigenvalue weighted by atomic mass is 35.5. The zero-order valence-corrected chi connectivity index (χ0v) is 8.97. The minimum absolute atomic E-state index is 0.509. The fourth-order valence-corrected chi connectivity index (χ4v) is 1.46. The van der Waals surface area contributed by atoms with Crippen molar-refractivity contribution in [3.63, 3.8) is 0 Å². The van der Waals surface area contributed by atoms with Crippen LogP contribution in [0.5, 0.6) is 0 Å². The molecule has 0 saturated heterocycles. The summed E-state index contributed by atoms with van der Waals surface area (Å²) in [4.78, 5) is 0. The molecule has 1 heterocycles. The largest absolute Gasteiger partial charge is 0.382 e. The maximum Gasteiger partial charge on any atom is 0.143 e. The molecule has 0 saturated carbocycles. The van der Waals surface area contributed by atoms with Crippen LogP contribution in [0.3, 0.4) is 0 Å². The van der Waals surface area contributed by atoms with Gasteiger partial charge in [-0.05, 0) is 24.6 Å². The van der Waals surface area contributed by atoms with Crippen LogP contribution in [0.2, 0.25) is 5.02 Å². The fourth-order valence-electron chi connectivity index (χ4n) is 1.28. The van der Waals surface area contributed by atoms with Crippen LogP contribution in [0.1, 0.15) is 5.56 Å². The Bertz CT molecular complexity index is 478. The summed E-state index contributed by atoms with van der Waals surface area (Å²) in [6.45, 7) is 1.95. The van der Waals surface area contributed by atoms with Gasteiger partial charge >= 0.3 is 0 Å². The van der Waals surface area contributed by atoms with Crippen LogP contribution in [0.15, 0.2) is 24.4 Å². The number of hydrogen-bond acceptors (Lipinski definition) is 3. The third-order valence-electron chi connectivity index (χ3n) is 2.21. The normalized spacial score (nSPS) is 10.3. The van der Waals surface area contributed by atoms with Gasteiger partial charge in [0.25, 0.3) is 0 Å². The third-order valence-corrected chi connectivity index (χ3v) is 2.62. The summed E-state index contributed by atoms with van der Waals surface area (Å²) in [6.07, 6.45) is 1.63. The minimum atomic E-state index is 0.509. The van der Waals surface area contributed by atoms with Gasteiger partial charge in [0.2, 0.25) is 0 Å². The van der Waals surface area contributed by atoms with Crippen LogP contribution in [-0.4, -0.2) is 10.2 Å². The lowest BCUT2D eigenvalue weighted by molar-refractivity contribution is 1.10. The molecule has 0 bridgehead atoms. The van der Waals surface area contributed by atoms with Crippen LogP contribution in [0, 0.1) is 6.92 Å². The molecule has 78 valence electrons. The number of nitrogens with one attached hydrogen (secondary N) is 2. The highest BCUT2D eigenvalue weighted by Gasteiger charge is 2.05. The van der Waals surface area contributed by atoms with E-state index in [1.807, 2.05) is 25.1 Å². The molecule has 0 spiro atoms. The first kappa shape index (κ1) is 9.86. The van der Waals surface area contributed by atoms with Gasteiger partial charge < -0.3 is 11.1 Å². The van der Waals surface area contributed by atoms with E-state index in [-0.39, 0.29) is 0 Å². The predicted molar refractivity (Wildman–Crippen MR) is 62.5 cm³/mol. The second-order valence-electron chi connectivity index (χ2n) is 3.23. The Labute approximate surface area is 92.4 Å². The third kappa shape index (κ3) is 1.89. The van der Waals surface area contributed by atoms with E-state index < -0.39 is 0 Å². The molecule has 0 radical (unpaired) electrons. The van der Waals surface area contributed by atoms with Crippen molar-refractivity contribution in [2.24, 2.45) is 0 Å². The molecule has 2 rings (SSSR count). The van der Waals surface area contributed by atoms with E-state index >= 15 is 0 Å². The molecular weight excluding hydrogens is 212 g/mol. The van der Waals surface area contributed by atoms with Crippen LogP contribution < -0.4 is 11.1 Å². The van der Waals surface area contributed by atoms with Crippen molar-refractivity contribution < 1.29 is 0 Å². The summed E-state index contributed by atoms with van der Waals surface area (Å²) < 4.78 is 0. The molecule has 5 heteroatoms. The van der Waals surface area contributed by atoms with Gasteiger partial charge in [0, 0.05) is 10.7 Å². The summed E-state index contributed by atoms with van der Waals surface area (Å²) in [5.74, 6) is 0.509. The first-order chi connectivity index (χ1) is 7.18. The highest BCUT2D eigenvalue weighted by molar-refractivity contribution is 6.31. The summed E-state index contributed by atoms with van der Waals surface area (Å²) in [6, 6.07) is 5.67. The van der Waals surface area contributed by atoms with Crippen LogP contribution >= 0.6 is 11.6 Å². The number of anilines is 3. The smallest absolute Gasteiger partial charge is 0.143 e. The molecule has 0 aliphatic heterocycles. The summed E-state index contributed by atoms with van der Waals surface area (Å²) in [5, 5.41) is 10.4. The Morgan fingerprint density at radius 1 is 1.40 bits per heavy atom. The first-order valence-electron chi connectivity index (χ1n) is 4.49. The van der Waals surface area contributed by atoms with Gasteiger partial charge in [-0.3, -0.25) is 5.10 Å². The van der Waals surface area contributed by atoms with Crippen molar-refractivity contribution in [3.8, 4) is 0 Å². The standard InChI is InChI=1S/C10H11ClN4/c1-6-7(11)3-2-4-8(6)14-9-5-13-15-10(9)12/h2-5,14H,1H3,(H3,12,13,15). The zero-order valence-electron chi connectivity index (χ0n) is 8.21. The molecule has 0 atom stereocenters. The molecule has 4 nitrogen and oxygen atoms in total. The van der Waals surface area contributed by atoms with Gasteiger partial charge in [-0.15, -0.1) is 0 Å². The molecule has 2 aromatic rings. The molecule has 0 unspecified atom stereocenters. The molecule has 0 aliphatic rings. The van der Waals surface area contributed by atoms with E-state index in [4.69, 9.17) is 17.3 Å².